The number of halogens is 2. The van der Waals surface area contributed by atoms with Gasteiger partial charge in [0.25, 0.3) is 0 Å². The van der Waals surface area contributed by atoms with E-state index in [-0.39, 0.29) is 0 Å². The molecule has 0 amide bonds. The summed E-state index contributed by atoms with van der Waals surface area (Å²) in [6.07, 6.45) is 1.78. The van der Waals surface area contributed by atoms with Crippen LogP contribution in [0.3, 0.4) is 0 Å². The van der Waals surface area contributed by atoms with Gasteiger partial charge >= 0.3 is 0 Å². The second-order valence-corrected chi connectivity index (χ2v) is 5.50. The molecule has 0 saturated heterocycles. The number of rotatable bonds is 2. The van der Waals surface area contributed by atoms with Crippen molar-refractivity contribution in [2.24, 2.45) is 0 Å². The number of pyridine rings is 1. The first-order valence-corrected chi connectivity index (χ1v) is 6.96. The number of hydrogen-bond acceptors (Lipinski definition) is 2. The Balaban J connectivity index is 2.03. The predicted octanol–water partition coefficient (Wildman–Crippen LogP) is 5.39. The summed E-state index contributed by atoms with van der Waals surface area (Å²) in [5.74, 6) is 0. The fourth-order valence-electron chi connectivity index (χ4n) is 1.92. The number of anilines is 2. The maximum absolute atomic E-state index is 5.98. The molecular weight excluding hydrogens is 324 g/mol. The molecule has 0 saturated carbocycles. The van der Waals surface area contributed by atoms with Gasteiger partial charge in [-0.1, -0.05) is 27.5 Å². The van der Waals surface area contributed by atoms with Crippen LogP contribution in [0.5, 0.6) is 0 Å². The van der Waals surface area contributed by atoms with Gasteiger partial charge in [0.05, 0.1) is 5.52 Å². The third-order valence-electron chi connectivity index (χ3n) is 2.83. The van der Waals surface area contributed by atoms with E-state index in [0.29, 0.717) is 5.02 Å². The summed E-state index contributed by atoms with van der Waals surface area (Å²) in [5, 5.41) is 5.14. The Hall–Kier alpha value is -1.58. The molecule has 0 aliphatic heterocycles. The Morgan fingerprint density at radius 1 is 1.00 bits per heavy atom. The molecule has 1 N–H and O–H groups in total. The van der Waals surface area contributed by atoms with Crippen LogP contribution in [0.1, 0.15) is 0 Å². The number of aromatic nitrogens is 1. The molecular formula is C15H10BrClN2. The first-order chi connectivity index (χ1) is 9.22. The largest absolute Gasteiger partial charge is 0.355 e. The molecule has 2 aromatic carbocycles. The van der Waals surface area contributed by atoms with Gasteiger partial charge in [0, 0.05) is 32.5 Å². The van der Waals surface area contributed by atoms with E-state index in [0.717, 1.165) is 26.8 Å². The van der Waals surface area contributed by atoms with E-state index in [1.165, 1.54) is 0 Å². The van der Waals surface area contributed by atoms with Crippen LogP contribution in [0.2, 0.25) is 5.02 Å². The monoisotopic (exact) mass is 332 g/mol. The molecule has 0 aliphatic rings. The maximum atomic E-state index is 5.98. The number of fused-ring (bicyclic) bond motifs is 1. The second kappa shape index (κ2) is 5.19. The molecule has 94 valence electrons. The molecule has 4 heteroatoms. The minimum atomic E-state index is 0.695. The summed E-state index contributed by atoms with van der Waals surface area (Å²) in [7, 11) is 0. The number of nitrogens with one attached hydrogen (secondary N) is 1. The molecule has 0 unspecified atom stereocenters. The molecule has 0 spiro atoms. The predicted molar refractivity (Wildman–Crippen MR) is 84.2 cm³/mol. The molecule has 0 bridgehead atoms. The zero-order chi connectivity index (χ0) is 13.2. The Labute approximate surface area is 124 Å². The SMILES string of the molecule is Clc1ccc2c(Nc3ccc(Br)cc3)ccnc2c1. The fourth-order valence-corrected chi connectivity index (χ4v) is 2.35. The summed E-state index contributed by atoms with van der Waals surface area (Å²) < 4.78 is 1.06. The third kappa shape index (κ3) is 2.72. The van der Waals surface area contributed by atoms with Crippen molar-refractivity contribution in [1.82, 2.24) is 4.98 Å². The lowest BCUT2D eigenvalue weighted by atomic mass is 10.2. The van der Waals surface area contributed by atoms with Gasteiger partial charge in [0.2, 0.25) is 0 Å². The average Bonchev–Trinajstić information content (AvgIpc) is 2.41. The Morgan fingerprint density at radius 3 is 2.58 bits per heavy atom. The van der Waals surface area contributed by atoms with Crippen LogP contribution < -0.4 is 5.32 Å². The highest BCUT2D eigenvalue weighted by Gasteiger charge is 2.03. The molecule has 2 nitrogen and oxygen atoms in total. The van der Waals surface area contributed by atoms with Crippen molar-refractivity contribution < 1.29 is 0 Å². The van der Waals surface area contributed by atoms with Crippen molar-refractivity contribution in [2.75, 3.05) is 5.32 Å². The topological polar surface area (TPSA) is 24.9 Å². The van der Waals surface area contributed by atoms with Crippen LogP contribution in [0.4, 0.5) is 11.4 Å². The highest BCUT2D eigenvalue weighted by atomic mass is 79.9. The van der Waals surface area contributed by atoms with Crippen LogP contribution in [0.25, 0.3) is 10.9 Å². The van der Waals surface area contributed by atoms with E-state index in [4.69, 9.17) is 11.6 Å². The van der Waals surface area contributed by atoms with E-state index in [9.17, 15) is 0 Å². The second-order valence-electron chi connectivity index (χ2n) is 4.15. The Morgan fingerprint density at radius 2 is 1.79 bits per heavy atom. The molecule has 3 rings (SSSR count). The average molecular weight is 334 g/mol. The highest BCUT2D eigenvalue weighted by Crippen LogP contribution is 2.27. The lowest BCUT2D eigenvalue weighted by molar-refractivity contribution is 1.40. The molecule has 0 aliphatic carbocycles. The number of nitrogens with zero attached hydrogens (tertiary/aromatic N) is 1. The lowest BCUT2D eigenvalue weighted by Crippen LogP contribution is -1.92. The van der Waals surface area contributed by atoms with E-state index in [1.807, 2.05) is 48.5 Å². The third-order valence-corrected chi connectivity index (χ3v) is 3.59. The van der Waals surface area contributed by atoms with Crippen LogP contribution in [0.15, 0.2) is 59.2 Å². The van der Waals surface area contributed by atoms with Gasteiger partial charge in [-0.05, 0) is 48.5 Å². The van der Waals surface area contributed by atoms with Gasteiger partial charge in [-0.25, -0.2) is 0 Å². The summed E-state index contributed by atoms with van der Waals surface area (Å²) in [6.45, 7) is 0. The fraction of sp³-hybridized carbons (Fsp3) is 0. The van der Waals surface area contributed by atoms with Crippen molar-refractivity contribution in [2.45, 2.75) is 0 Å². The van der Waals surface area contributed by atoms with Crippen molar-refractivity contribution in [3.8, 4) is 0 Å². The van der Waals surface area contributed by atoms with Crippen molar-refractivity contribution in [3.05, 3.63) is 64.2 Å². The highest BCUT2D eigenvalue weighted by molar-refractivity contribution is 9.10. The van der Waals surface area contributed by atoms with Gasteiger partial charge in [0.1, 0.15) is 0 Å². The summed E-state index contributed by atoms with van der Waals surface area (Å²) >= 11 is 9.41. The first kappa shape index (κ1) is 12.5. The molecule has 0 atom stereocenters. The van der Waals surface area contributed by atoms with Crippen molar-refractivity contribution in [1.29, 1.82) is 0 Å². The summed E-state index contributed by atoms with van der Waals surface area (Å²) in [4.78, 5) is 4.33. The van der Waals surface area contributed by atoms with Gasteiger partial charge in [-0.15, -0.1) is 0 Å². The lowest BCUT2D eigenvalue weighted by Gasteiger charge is -2.09. The van der Waals surface area contributed by atoms with Crippen molar-refractivity contribution >= 4 is 49.8 Å². The first-order valence-electron chi connectivity index (χ1n) is 5.79. The quantitative estimate of drug-likeness (QED) is 0.679. The standard InChI is InChI=1S/C15H10BrClN2/c16-10-1-4-12(5-2-10)19-14-7-8-18-15-9-11(17)3-6-13(14)15/h1-9H,(H,18,19). The number of benzene rings is 2. The molecule has 3 aromatic rings. The Kier molecular flexibility index (Phi) is 3.40. The minimum absolute atomic E-state index is 0.695. The van der Waals surface area contributed by atoms with Crippen LogP contribution in [0, 0.1) is 0 Å². The number of hydrogen-bond donors (Lipinski definition) is 1. The van der Waals surface area contributed by atoms with E-state index in [2.05, 4.69) is 26.2 Å². The zero-order valence-electron chi connectivity index (χ0n) is 9.90. The maximum Gasteiger partial charge on any atom is 0.0737 e. The van der Waals surface area contributed by atoms with Crippen LogP contribution >= 0.6 is 27.5 Å². The molecule has 19 heavy (non-hydrogen) atoms. The zero-order valence-corrected chi connectivity index (χ0v) is 12.2. The summed E-state index contributed by atoms with van der Waals surface area (Å²) in [5.41, 5.74) is 2.93. The van der Waals surface area contributed by atoms with E-state index >= 15 is 0 Å². The van der Waals surface area contributed by atoms with E-state index in [1.54, 1.807) is 6.20 Å². The van der Waals surface area contributed by atoms with Gasteiger partial charge in [-0.3, -0.25) is 4.98 Å². The van der Waals surface area contributed by atoms with E-state index < -0.39 is 0 Å². The molecule has 0 radical (unpaired) electrons. The molecule has 1 heterocycles. The molecule has 1 aromatic heterocycles. The smallest absolute Gasteiger partial charge is 0.0737 e. The molecule has 0 fully saturated rings. The van der Waals surface area contributed by atoms with Crippen LogP contribution in [-0.2, 0) is 0 Å². The van der Waals surface area contributed by atoms with Gasteiger partial charge in [-0.2, -0.15) is 0 Å². The Bertz CT molecular complexity index is 726. The van der Waals surface area contributed by atoms with Crippen molar-refractivity contribution in [3.63, 3.8) is 0 Å². The van der Waals surface area contributed by atoms with Gasteiger partial charge < -0.3 is 5.32 Å². The normalized spacial score (nSPS) is 10.6. The van der Waals surface area contributed by atoms with Crippen LogP contribution in [-0.4, -0.2) is 4.98 Å². The van der Waals surface area contributed by atoms with Gasteiger partial charge in [0.15, 0.2) is 0 Å². The minimum Gasteiger partial charge on any atom is -0.355 e. The summed E-state index contributed by atoms with van der Waals surface area (Å²) in [6, 6.07) is 15.7.